The van der Waals surface area contributed by atoms with Crippen molar-refractivity contribution >= 4 is 46.3 Å². The van der Waals surface area contributed by atoms with Crippen LogP contribution in [0.15, 0.2) is 34.5 Å². The van der Waals surface area contributed by atoms with Crippen LogP contribution in [0, 0.1) is 0 Å². The first-order valence-electron chi connectivity index (χ1n) is 9.98. The van der Waals surface area contributed by atoms with E-state index in [1.54, 1.807) is 19.1 Å². The Morgan fingerprint density at radius 1 is 0.970 bits per heavy atom. The van der Waals surface area contributed by atoms with E-state index in [0.717, 1.165) is 0 Å². The standard InChI is InChI=1S/C22H25Cl2N3O6/c1-6-32-13-8-15(24)21(33-7-2)17(9-13)25-22(29)20(12(3)28)27-26-16-11-19(31-5)18(30-4)10-14(16)23/h8-11,20H,6-7H2,1-5H3,(H,25,29). The molecular weight excluding hydrogens is 473 g/mol. The molecule has 0 aromatic heterocycles. The first-order chi connectivity index (χ1) is 15.7. The van der Waals surface area contributed by atoms with Crippen LogP contribution >= 0.6 is 23.2 Å². The van der Waals surface area contributed by atoms with Gasteiger partial charge in [-0.05, 0) is 20.8 Å². The lowest BCUT2D eigenvalue weighted by molar-refractivity contribution is -0.126. The van der Waals surface area contributed by atoms with Gasteiger partial charge in [-0.3, -0.25) is 9.59 Å². The van der Waals surface area contributed by atoms with Gasteiger partial charge in [0.25, 0.3) is 5.91 Å². The molecule has 1 atom stereocenters. The van der Waals surface area contributed by atoms with Crippen molar-refractivity contribution < 1.29 is 28.5 Å². The van der Waals surface area contributed by atoms with Gasteiger partial charge in [0.15, 0.2) is 23.0 Å². The number of hydrogen-bond acceptors (Lipinski definition) is 8. The zero-order valence-electron chi connectivity index (χ0n) is 18.9. The van der Waals surface area contributed by atoms with Gasteiger partial charge in [-0.1, -0.05) is 23.2 Å². The lowest BCUT2D eigenvalue weighted by Gasteiger charge is -2.16. The van der Waals surface area contributed by atoms with E-state index in [-0.39, 0.29) is 27.2 Å². The fourth-order valence-electron chi connectivity index (χ4n) is 2.76. The summed E-state index contributed by atoms with van der Waals surface area (Å²) in [4.78, 5) is 25.1. The maximum Gasteiger partial charge on any atom is 0.258 e. The van der Waals surface area contributed by atoms with Crippen LogP contribution in [-0.2, 0) is 9.59 Å². The number of rotatable bonds is 11. The molecule has 0 heterocycles. The van der Waals surface area contributed by atoms with Crippen LogP contribution in [-0.4, -0.2) is 45.2 Å². The van der Waals surface area contributed by atoms with Gasteiger partial charge >= 0.3 is 0 Å². The lowest BCUT2D eigenvalue weighted by Crippen LogP contribution is -2.32. The zero-order chi connectivity index (χ0) is 24.5. The molecule has 0 aliphatic carbocycles. The van der Waals surface area contributed by atoms with Crippen molar-refractivity contribution in [3.63, 3.8) is 0 Å². The van der Waals surface area contributed by atoms with Gasteiger partial charge in [-0.2, -0.15) is 10.2 Å². The third-order valence-corrected chi connectivity index (χ3v) is 4.83. The van der Waals surface area contributed by atoms with E-state index in [9.17, 15) is 9.59 Å². The first kappa shape index (κ1) is 26.2. The highest BCUT2D eigenvalue weighted by atomic mass is 35.5. The lowest BCUT2D eigenvalue weighted by atomic mass is 10.2. The minimum absolute atomic E-state index is 0.199. The van der Waals surface area contributed by atoms with Crippen LogP contribution in [0.3, 0.4) is 0 Å². The van der Waals surface area contributed by atoms with E-state index < -0.39 is 17.7 Å². The van der Waals surface area contributed by atoms with Crippen molar-refractivity contribution in [2.75, 3.05) is 32.8 Å². The molecule has 0 aliphatic rings. The van der Waals surface area contributed by atoms with Gasteiger partial charge in [-0.15, -0.1) is 0 Å². The smallest absolute Gasteiger partial charge is 0.258 e. The highest BCUT2D eigenvalue weighted by molar-refractivity contribution is 6.33. The van der Waals surface area contributed by atoms with Crippen LogP contribution in [0.25, 0.3) is 0 Å². The number of hydrogen-bond donors (Lipinski definition) is 1. The number of nitrogens with one attached hydrogen (secondary N) is 1. The van der Waals surface area contributed by atoms with Gasteiger partial charge in [0.2, 0.25) is 6.04 Å². The van der Waals surface area contributed by atoms with Crippen molar-refractivity contribution in [1.29, 1.82) is 0 Å². The summed E-state index contributed by atoms with van der Waals surface area (Å²) in [5, 5.41) is 11.0. The predicted octanol–water partition coefficient (Wildman–Crippen LogP) is 5.49. The van der Waals surface area contributed by atoms with Crippen LogP contribution in [0.1, 0.15) is 20.8 Å². The number of halogens is 2. The molecular formula is C22H25Cl2N3O6. The molecule has 0 bridgehead atoms. The molecule has 0 spiro atoms. The van der Waals surface area contributed by atoms with E-state index >= 15 is 0 Å². The summed E-state index contributed by atoms with van der Waals surface area (Å²) in [6, 6.07) is 4.66. The molecule has 178 valence electrons. The number of Topliss-reactive ketones (excluding diaryl/α,β-unsaturated/α-hetero) is 1. The SMILES string of the molecule is CCOc1cc(Cl)c(OCC)c(NC(=O)C(N=Nc2cc(OC)c(OC)cc2Cl)C(C)=O)c1. The van der Waals surface area contributed by atoms with Crippen molar-refractivity contribution in [3.05, 3.63) is 34.3 Å². The monoisotopic (exact) mass is 497 g/mol. The summed E-state index contributed by atoms with van der Waals surface area (Å²) in [7, 11) is 2.92. The second-order valence-electron chi connectivity index (χ2n) is 6.52. The number of anilines is 1. The Morgan fingerprint density at radius 3 is 2.18 bits per heavy atom. The van der Waals surface area contributed by atoms with E-state index in [2.05, 4.69) is 15.5 Å². The Kier molecular flexibility index (Phi) is 9.74. The second-order valence-corrected chi connectivity index (χ2v) is 7.34. The average Bonchev–Trinajstić information content (AvgIpc) is 2.76. The van der Waals surface area contributed by atoms with Crippen molar-refractivity contribution in [3.8, 4) is 23.0 Å². The molecule has 0 saturated carbocycles. The largest absolute Gasteiger partial charge is 0.494 e. The van der Waals surface area contributed by atoms with Crippen molar-refractivity contribution in [2.45, 2.75) is 26.8 Å². The Balaban J connectivity index is 2.36. The Morgan fingerprint density at radius 2 is 1.61 bits per heavy atom. The molecule has 2 rings (SSSR count). The number of ether oxygens (including phenoxy) is 4. The molecule has 2 aromatic rings. The van der Waals surface area contributed by atoms with E-state index in [1.165, 1.54) is 33.3 Å². The van der Waals surface area contributed by atoms with Crippen molar-refractivity contribution in [1.82, 2.24) is 0 Å². The molecule has 0 aliphatic heterocycles. The third kappa shape index (κ3) is 6.72. The van der Waals surface area contributed by atoms with Gasteiger partial charge in [0, 0.05) is 24.3 Å². The van der Waals surface area contributed by atoms with Crippen LogP contribution < -0.4 is 24.3 Å². The van der Waals surface area contributed by atoms with Gasteiger partial charge in [0.1, 0.15) is 11.4 Å². The zero-order valence-corrected chi connectivity index (χ0v) is 20.4. The minimum Gasteiger partial charge on any atom is -0.494 e. The molecule has 0 radical (unpaired) electrons. The van der Waals surface area contributed by atoms with Gasteiger partial charge in [0.05, 0.1) is 43.2 Å². The van der Waals surface area contributed by atoms with E-state index in [0.29, 0.717) is 30.5 Å². The number of carbonyl (C=O) groups is 2. The van der Waals surface area contributed by atoms with E-state index in [4.69, 9.17) is 42.1 Å². The second kappa shape index (κ2) is 12.3. The number of benzene rings is 2. The molecule has 1 unspecified atom stereocenters. The fourth-order valence-corrected chi connectivity index (χ4v) is 3.22. The van der Waals surface area contributed by atoms with Gasteiger partial charge < -0.3 is 24.3 Å². The third-order valence-electron chi connectivity index (χ3n) is 4.24. The Hall–Kier alpha value is -3.04. The maximum absolute atomic E-state index is 12.9. The van der Waals surface area contributed by atoms with Crippen LogP contribution in [0.2, 0.25) is 10.0 Å². The Labute approximate surface area is 202 Å². The summed E-state index contributed by atoms with van der Waals surface area (Å²) in [5.74, 6) is 0.184. The summed E-state index contributed by atoms with van der Waals surface area (Å²) in [6.07, 6.45) is 0. The minimum atomic E-state index is -1.45. The molecule has 9 nitrogen and oxygen atoms in total. The number of methoxy groups -OCH3 is 2. The summed E-state index contributed by atoms with van der Waals surface area (Å²) in [5.41, 5.74) is 0.438. The highest BCUT2D eigenvalue weighted by Crippen LogP contribution is 2.39. The van der Waals surface area contributed by atoms with Crippen LogP contribution in [0.5, 0.6) is 23.0 Å². The number of carbonyl (C=O) groups excluding carboxylic acids is 2. The quantitative estimate of drug-likeness (QED) is 0.324. The molecule has 0 saturated heterocycles. The Bertz CT molecular complexity index is 1050. The predicted molar refractivity (Wildman–Crippen MR) is 126 cm³/mol. The normalized spacial score (nSPS) is 11.7. The highest BCUT2D eigenvalue weighted by Gasteiger charge is 2.25. The summed E-state index contributed by atoms with van der Waals surface area (Å²) >= 11 is 12.5. The average molecular weight is 498 g/mol. The summed E-state index contributed by atoms with van der Waals surface area (Å²) in [6.45, 7) is 5.52. The molecule has 11 heteroatoms. The number of amides is 1. The van der Waals surface area contributed by atoms with Crippen molar-refractivity contribution in [2.24, 2.45) is 10.2 Å². The topological polar surface area (TPSA) is 108 Å². The molecule has 1 N–H and O–H groups in total. The van der Waals surface area contributed by atoms with Crippen LogP contribution in [0.4, 0.5) is 11.4 Å². The molecule has 1 amide bonds. The molecule has 2 aromatic carbocycles. The number of ketones is 1. The fraction of sp³-hybridized carbons (Fsp3) is 0.364. The maximum atomic E-state index is 12.9. The summed E-state index contributed by atoms with van der Waals surface area (Å²) < 4.78 is 21.4. The van der Waals surface area contributed by atoms with E-state index in [1.807, 2.05) is 6.92 Å². The first-order valence-corrected chi connectivity index (χ1v) is 10.7. The molecule has 0 fully saturated rings. The molecule has 33 heavy (non-hydrogen) atoms. The van der Waals surface area contributed by atoms with Gasteiger partial charge in [-0.25, -0.2) is 0 Å². The number of nitrogens with zero attached hydrogens (tertiary/aromatic N) is 2. The number of azo groups is 1.